The molecule has 28 heavy (non-hydrogen) atoms. The second-order valence-corrected chi connectivity index (χ2v) is 8.58. The van der Waals surface area contributed by atoms with E-state index in [1.165, 1.54) is 27.2 Å². The summed E-state index contributed by atoms with van der Waals surface area (Å²) in [5, 5.41) is 0. The molecule has 7 rings (SSSR count). The van der Waals surface area contributed by atoms with E-state index < -0.39 is 0 Å². The van der Waals surface area contributed by atoms with Crippen LogP contribution in [-0.4, -0.2) is 11.8 Å². The molecule has 0 spiro atoms. The number of hydrogen-bond acceptors (Lipinski definition) is 2. The van der Waals surface area contributed by atoms with Crippen LogP contribution in [0.2, 0.25) is 0 Å². The average molecular weight is 430 g/mol. The molecule has 3 aliphatic carbocycles. The van der Waals surface area contributed by atoms with Gasteiger partial charge in [0.15, 0.2) is 0 Å². The molecule has 2 atom stereocenters. The van der Waals surface area contributed by atoms with Crippen LogP contribution < -0.4 is 4.90 Å². The number of halogens is 1. The molecule has 2 unspecified atom stereocenters. The van der Waals surface area contributed by atoms with E-state index in [2.05, 4.69) is 40.2 Å². The van der Waals surface area contributed by atoms with E-state index in [1.807, 2.05) is 48.5 Å². The summed E-state index contributed by atoms with van der Waals surface area (Å²) >= 11 is 3.52. The van der Waals surface area contributed by atoms with Crippen LogP contribution in [0.4, 0.5) is 5.69 Å². The van der Waals surface area contributed by atoms with Gasteiger partial charge in [-0.1, -0.05) is 60.7 Å². The molecule has 3 aromatic rings. The monoisotopic (exact) mass is 429 g/mol. The second kappa shape index (κ2) is 5.65. The molecule has 1 heterocycles. The maximum atomic E-state index is 13.6. The summed E-state index contributed by atoms with van der Waals surface area (Å²) in [6.07, 6.45) is 0. The van der Waals surface area contributed by atoms with E-state index in [0.717, 1.165) is 4.47 Å². The number of nitrogens with zero attached hydrogens (tertiary/aromatic N) is 1. The fourth-order valence-electron chi connectivity index (χ4n) is 5.55. The molecule has 0 saturated carbocycles. The van der Waals surface area contributed by atoms with Gasteiger partial charge in [-0.05, 0) is 50.3 Å². The Labute approximate surface area is 171 Å². The molecular weight excluding hydrogens is 414 g/mol. The van der Waals surface area contributed by atoms with Gasteiger partial charge in [-0.2, -0.15) is 0 Å². The number of carbonyl (C=O) groups is 2. The van der Waals surface area contributed by atoms with Crippen LogP contribution in [-0.2, 0) is 9.59 Å². The quantitative estimate of drug-likeness (QED) is 0.518. The van der Waals surface area contributed by atoms with Crippen molar-refractivity contribution in [3.8, 4) is 0 Å². The Kier molecular flexibility index (Phi) is 3.28. The van der Waals surface area contributed by atoms with Crippen LogP contribution in [0.1, 0.15) is 34.1 Å². The lowest BCUT2D eigenvalue weighted by Crippen LogP contribution is -2.41. The lowest BCUT2D eigenvalue weighted by Gasteiger charge is -2.45. The topological polar surface area (TPSA) is 37.4 Å². The predicted octanol–water partition coefficient (Wildman–Crippen LogP) is 4.85. The van der Waals surface area contributed by atoms with Crippen molar-refractivity contribution in [2.24, 2.45) is 11.8 Å². The Morgan fingerprint density at radius 2 is 1.00 bits per heavy atom. The number of imide groups is 1. The van der Waals surface area contributed by atoms with Crippen LogP contribution in [0.25, 0.3) is 0 Å². The van der Waals surface area contributed by atoms with Crippen LogP contribution in [0.15, 0.2) is 77.3 Å². The Bertz CT molecular complexity index is 1060. The Morgan fingerprint density at radius 1 is 0.607 bits per heavy atom. The van der Waals surface area contributed by atoms with Gasteiger partial charge in [0.25, 0.3) is 0 Å². The summed E-state index contributed by atoms with van der Waals surface area (Å²) in [4.78, 5) is 28.6. The van der Waals surface area contributed by atoms with Gasteiger partial charge in [-0.15, -0.1) is 0 Å². The minimum Gasteiger partial charge on any atom is -0.274 e. The first-order chi connectivity index (χ1) is 13.7. The van der Waals surface area contributed by atoms with E-state index >= 15 is 0 Å². The minimum atomic E-state index is -0.339. The van der Waals surface area contributed by atoms with Crippen molar-refractivity contribution in [1.82, 2.24) is 0 Å². The van der Waals surface area contributed by atoms with Crippen molar-refractivity contribution < 1.29 is 9.59 Å². The third-order valence-corrected chi connectivity index (χ3v) is 7.21. The number of para-hydroxylation sites is 1. The highest BCUT2D eigenvalue weighted by molar-refractivity contribution is 9.10. The molecule has 2 bridgehead atoms. The van der Waals surface area contributed by atoms with Crippen molar-refractivity contribution in [3.05, 3.63) is 99.5 Å². The zero-order valence-electron chi connectivity index (χ0n) is 14.9. The van der Waals surface area contributed by atoms with Crippen molar-refractivity contribution in [2.45, 2.75) is 11.8 Å². The Morgan fingerprint density at radius 3 is 1.43 bits per heavy atom. The molecule has 4 heteroatoms. The van der Waals surface area contributed by atoms with Crippen LogP contribution in [0.3, 0.4) is 0 Å². The third-order valence-electron chi connectivity index (χ3n) is 6.54. The highest BCUT2D eigenvalue weighted by atomic mass is 79.9. The van der Waals surface area contributed by atoms with E-state index in [0.29, 0.717) is 5.69 Å². The van der Waals surface area contributed by atoms with E-state index in [4.69, 9.17) is 0 Å². The van der Waals surface area contributed by atoms with Crippen molar-refractivity contribution >= 4 is 33.4 Å². The number of carbonyl (C=O) groups excluding carboxylic acids is 2. The molecule has 3 aromatic carbocycles. The van der Waals surface area contributed by atoms with Gasteiger partial charge in [0.2, 0.25) is 11.8 Å². The minimum absolute atomic E-state index is 0.0636. The molecule has 3 nitrogen and oxygen atoms in total. The van der Waals surface area contributed by atoms with Crippen molar-refractivity contribution in [3.63, 3.8) is 0 Å². The van der Waals surface area contributed by atoms with E-state index in [1.54, 1.807) is 0 Å². The van der Waals surface area contributed by atoms with Gasteiger partial charge in [-0.3, -0.25) is 9.59 Å². The SMILES string of the molecule is O=C1C2C3c4ccccc4C(c4ccccc43)C2C(=O)N1c1ccccc1Br. The van der Waals surface area contributed by atoms with Crippen LogP contribution >= 0.6 is 15.9 Å². The third kappa shape index (κ3) is 1.89. The molecule has 136 valence electrons. The Balaban J connectivity index is 1.59. The lowest BCUT2D eigenvalue weighted by atomic mass is 9.55. The van der Waals surface area contributed by atoms with Gasteiger partial charge >= 0.3 is 0 Å². The summed E-state index contributed by atoms with van der Waals surface area (Å²) in [6.45, 7) is 0. The smallest absolute Gasteiger partial charge is 0.238 e. The summed E-state index contributed by atoms with van der Waals surface area (Å²) in [5.74, 6) is -0.969. The fraction of sp³-hybridized carbons (Fsp3) is 0.167. The summed E-state index contributed by atoms with van der Waals surface area (Å²) < 4.78 is 0.762. The number of rotatable bonds is 1. The maximum Gasteiger partial charge on any atom is 0.238 e. The molecule has 4 aliphatic rings. The maximum absolute atomic E-state index is 13.6. The zero-order valence-corrected chi connectivity index (χ0v) is 16.5. The highest BCUT2D eigenvalue weighted by Crippen LogP contribution is 2.61. The molecule has 2 amide bonds. The standard InChI is InChI=1S/C24H16BrNO2/c25-17-11-5-6-12-18(17)26-23(27)21-19-13-7-1-2-8-14(13)20(22(21)24(26)28)16-10-4-3-9-15(16)19/h1-12,19-22H. The van der Waals surface area contributed by atoms with Gasteiger partial charge in [0, 0.05) is 16.3 Å². The summed E-state index contributed by atoms with van der Waals surface area (Å²) in [6, 6.07) is 24.1. The van der Waals surface area contributed by atoms with Crippen LogP contribution in [0, 0.1) is 11.8 Å². The molecule has 0 aromatic heterocycles. The molecular formula is C24H16BrNO2. The van der Waals surface area contributed by atoms with Gasteiger partial charge in [0.05, 0.1) is 17.5 Å². The molecule has 0 N–H and O–H groups in total. The molecule has 1 saturated heterocycles. The predicted molar refractivity (Wildman–Crippen MR) is 110 cm³/mol. The number of anilines is 1. The second-order valence-electron chi connectivity index (χ2n) is 7.73. The summed E-state index contributed by atoms with van der Waals surface area (Å²) in [5.41, 5.74) is 5.43. The highest BCUT2D eigenvalue weighted by Gasteiger charge is 2.61. The van der Waals surface area contributed by atoms with Crippen LogP contribution in [0.5, 0.6) is 0 Å². The first kappa shape index (κ1) is 16.3. The fourth-order valence-corrected chi connectivity index (χ4v) is 6.01. The number of hydrogen-bond donors (Lipinski definition) is 0. The van der Waals surface area contributed by atoms with Gasteiger partial charge < -0.3 is 0 Å². The van der Waals surface area contributed by atoms with Crippen molar-refractivity contribution in [1.29, 1.82) is 0 Å². The van der Waals surface area contributed by atoms with Gasteiger partial charge in [-0.25, -0.2) is 4.90 Å². The number of benzene rings is 3. The first-order valence-electron chi connectivity index (χ1n) is 9.48. The normalized spacial score (nSPS) is 26.8. The first-order valence-corrected chi connectivity index (χ1v) is 10.3. The molecule has 1 aliphatic heterocycles. The molecule has 0 radical (unpaired) electrons. The number of amides is 2. The van der Waals surface area contributed by atoms with Gasteiger partial charge in [0.1, 0.15) is 0 Å². The molecule has 1 fully saturated rings. The van der Waals surface area contributed by atoms with E-state index in [-0.39, 0.29) is 35.5 Å². The largest absolute Gasteiger partial charge is 0.274 e. The Hall–Kier alpha value is -2.72. The average Bonchev–Trinajstić information content (AvgIpc) is 2.99. The summed E-state index contributed by atoms with van der Waals surface area (Å²) in [7, 11) is 0. The zero-order chi connectivity index (χ0) is 19.0. The van der Waals surface area contributed by atoms with E-state index in [9.17, 15) is 9.59 Å². The lowest BCUT2D eigenvalue weighted by molar-refractivity contribution is -0.122. The van der Waals surface area contributed by atoms with Crippen molar-refractivity contribution in [2.75, 3.05) is 4.90 Å².